The molecule has 1 aliphatic rings. The molecule has 3 rings (SSSR count). The van der Waals surface area contributed by atoms with Crippen LogP contribution in [-0.2, 0) is 22.4 Å². The molecule has 1 atom stereocenters. The SMILES string of the molecule is CCOC(=O)c1c(NC(=O)/C=C/c2ccco2)sc2c1C[C@@H](C)CC2. The number of carbonyl (C=O) groups is 2. The topological polar surface area (TPSA) is 68.5 Å². The Morgan fingerprint density at radius 1 is 1.48 bits per heavy atom. The molecule has 0 unspecified atom stereocenters. The van der Waals surface area contributed by atoms with E-state index in [1.807, 2.05) is 0 Å². The monoisotopic (exact) mass is 359 g/mol. The van der Waals surface area contributed by atoms with Gasteiger partial charge in [0.1, 0.15) is 10.8 Å². The molecule has 0 saturated carbocycles. The Labute approximate surface area is 150 Å². The summed E-state index contributed by atoms with van der Waals surface area (Å²) in [5.41, 5.74) is 1.56. The summed E-state index contributed by atoms with van der Waals surface area (Å²) in [5.74, 6) is 0.464. The van der Waals surface area contributed by atoms with Gasteiger partial charge in [0.25, 0.3) is 0 Å². The molecule has 6 heteroatoms. The molecule has 0 radical (unpaired) electrons. The van der Waals surface area contributed by atoms with Crippen LogP contribution in [0.15, 0.2) is 28.9 Å². The van der Waals surface area contributed by atoms with E-state index in [9.17, 15) is 9.59 Å². The largest absolute Gasteiger partial charge is 0.465 e. The van der Waals surface area contributed by atoms with Gasteiger partial charge in [-0.2, -0.15) is 0 Å². The van der Waals surface area contributed by atoms with E-state index < -0.39 is 0 Å². The highest BCUT2D eigenvalue weighted by atomic mass is 32.1. The van der Waals surface area contributed by atoms with E-state index >= 15 is 0 Å². The van der Waals surface area contributed by atoms with Crippen molar-refractivity contribution in [1.29, 1.82) is 0 Å². The number of aryl methyl sites for hydroxylation is 1. The highest BCUT2D eigenvalue weighted by Gasteiger charge is 2.29. The molecule has 0 saturated heterocycles. The summed E-state index contributed by atoms with van der Waals surface area (Å²) in [6, 6.07) is 3.52. The second kappa shape index (κ2) is 7.70. The Bertz CT molecular complexity index is 789. The Kier molecular flexibility index (Phi) is 5.38. The van der Waals surface area contributed by atoms with Gasteiger partial charge in [-0.25, -0.2) is 4.79 Å². The van der Waals surface area contributed by atoms with Crippen molar-refractivity contribution in [3.63, 3.8) is 0 Å². The first-order valence-corrected chi connectivity index (χ1v) is 9.24. The van der Waals surface area contributed by atoms with Gasteiger partial charge in [-0.05, 0) is 55.9 Å². The molecule has 1 amide bonds. The van der Waals surface area contributed by atoms with Crippen molar-refractivity contribution in [2.45, 2.75) is 33.1 Å². The number of ether oxygens (including phenoxy) is 1. The van der Waals surface area contributed by atoms with Gasteiger partial charge < -0.3 is 14.5 Å². The standard InChI is InChI=1S/C19H21NO4S/c1-3-23-19(22)17-14-11-12(2)6-8-15(14)25-18(17)20-16(21)9-7-13-5-4-10-24-13/h4-5,7,9-10,12H,3,6,8,11H2,1-2H3,(H,20,21)/b9-7+/t12-/m0/s1. The minimum absolute atomic E-state index is 0.298. The average molecular weight is 359 g/mol. The van der Waals surface area contributed by atoms with E-state index in [2.05, 4.69) is 12.2 Å². The van der Waals surface area contributed by atoms with Gasteiger partial charge >= 0.3 is 5.97 Å². The molecule has 0 bridgehead atoms. The maximum absolute atomic E-state index is 12.4. The van der Waals surface area contributed by atoms with Gasteiger partial charge in [0.15, 0.2) is 0 Å². The van der Waals surface area contributed by atoms with E-state index in [0.29, 0.717) is 28.8 Å². The molecule has 2 heterocycles. The number of hydrogen-bond donors (Lipinski definition) is 1. The fourth-order valence-electron chi connectivity index (χ4n) is 2.96. The molecule has 0 fully saturated rings. The summed E-state index contributed by atoms with van der Waals surface area (Å²) in [7, 11) is 0. The number of fused-ring (bicyclic) bond motifs is 1. The quantitative estimate of drug-likeness (QED) is 0.638. The van der Waals surface area contributed by atoms with Crippen LogP contribution >= 0.6 is 11.3 Å². The molecule has 25 heavy (non-hydrogen) atoms. The molecule has 0 aliphatic heterocycles. The first-order chi connectivity index (χ1) is 12.1. The third-order valence-electron chi connectivity index (χ3n) is 4.17. The van der Waals surface area contributed by atoms with Crippen LogP contribution in [0.4, 0.5) is 5.00 Å². The average Bonchev–Trinajstić information content (AvgIpc) is 3.20. The van der Waals surface area contributed by atoms with Gasteiger partial charge in [0, 0.05) is 11.0 Å². The molecule has 132 valence electrons. The second-order valence-corrected chi connectivity index (χ2v) is 7.22. The normalized spacial score (nSPS) is 16.6. The fraction of sp³-hybridized carbons (Fsp3) is 0.368. The van der Waals surface area contributed by atoms with Crippen molar-refractivity contribution in [3.8, 4) is 0 Å². The number of anilines is 1. The molecular weight excluding hydrogens is 338 g/mol. The Balaban J connectivity index is 1.84. The molecule has 0 spiro atoms. The number of esters is 1. The zero-order valence-corrected chi connectivity index (χ0v) is 15.2. The van der Waals surface area contributed by atoms with Crippen molar-refractivity contribution < 1.29 is 18.7 Å². The van der Waals surface area contributed by atoms with Gasteiger partial charge in [-0.15, -0.1) is 11.3 Å². The van der Waals surface area contributed by atoms with Crippen LogP contribution in [-0.4, -0.2) is 18.5 Å². The van der Waals surface area contributed by atoms with Crippen molar-refractivity contribution in [2.24, 2.45) is 5.92 Å². The van der Waals surface area contributed by atoms with Crippen LogP contribution < -0.4 is 5.32 Å². The highest BCUT2D eigenvalue weighted by molar-refractivity contribution is 7.17. The van der Waals surface area contributed by atoms with E-state index in [1.54, 1.807) is 31.4 Å². The minimum Gasteiger partial charge on any atom is -0.465 e. The summed E-state index contributed by atoms with van der Waals surface area (Å²) in [5, 5.41) is 3.41. The number of carbonyl (C=O) groups excluding carboxylic acids is 2. The van der Waals surface area contributed by atoms with Crippen molar-refractivity contribution >= 4 is 34.3 Å². The Morgan fingerprint density at radius 3 is 3.04 bits per heavy atom. The number of furan rings is 1. The molecule has 1 N–H and O–H groups in total. The smallest absolute Gasteiger partial charge is 0.341 e. The highest BCUT2D eigenvalue weighted by Crippen LogP contribution is 2.40. The van der Waals surface area contributed by atoms with Gasteiger partial charge in [-0.1, -0.05) is 6.92 Å². The van der Waals surface area contributed by atoms with Crippen molar-refractivity contribution in [2.75, 3.05) is 11.9 Å². The van der Waals surface area contributed by atoms with E-state index in [0.717, 1.165) is 24.8 Å². The zero-order chi connectivity index (χ0) is 17.8. The maximum Gasteiger partial charge on any atom is 0.341 e. The lowest BCUT2D eigenvalue weighted by Crippen LogP contribution is -2.16. The van der Waals surface area contributed by atoms with Crippen LogP contribution in [0.3, 0.4) is 0 Å². The number of rotatable bonds is 5. The van der Waals surface area contributed by atoms with E-state index in [4.69, 9.17) is 9.15 Å². The molecule has 5 nitrogen and oxygen atoms in total. The van der Waals surface area contributed by atoms with Gasteiger partial charge in [0.2, 0.25) is 5.91 Å². The van der Waals surface area contributed by atoms with Crippen molar-refractivity contribution in [3.05, 3.63) is 46.2 Å². The number of amides is 1. The van der Waals surface area contributed by atoms with Crippen molar-refractivity contribution in [1.82, 2.24) is 0 Å². The summed E-state index contributed by atoms with van der Waals surface area (Å²) >= 11 is 1.48. The Morgan fingerprint density at radius 2 is 2.32 bits per heavy atom. The lowest BCUT2D eigenvalue weighted by Gasteiger charge is -2.18. The van der Waals surface area contributed by atoms with E-state index in [-0.39, 0.29) is 11.9 Å². The van der Waals surface area contributed by atoms with Crippen LogP contribution in [0.2, 0.25) is 0 Å². The van der Waals surface area contributed by atoms with Gasteiger partial charge in [-0.3, -0.25) is 4.79 Å². The third kappa shape index (κ3) is 4.02. The predicted octanol–water partition coefficient (Wildman–Crippen LogP) is 4.29. The van der Waals surface area contributed by atoms with Gasteiger partial charge in [0.05, 0.1) is 18.4 Å². The summed E-state index contributed by atoms with van der Waals surface area (Å²) in [6.45, 7) is 4.27. The summed E-state index contributed by atoms with van der Waals surface area (Å²) < 4.78 is 10.4. The van der Waals surface area contributed by atoms with Crippen LogP contribution in [0.1, 0.15) is 46.8 Å². The summed E-state index contributed by atoms with van der Waals surface area (Å²) in [4.78, 5) is 25.8. The lowest BCUT2D eigenvalue weighted by molar-refractivity contribution is -0.111. The number of nitrogens with one attached hydrogen (secondary N) is 1. The zero-order valence-electron chi connectivity index (χ0n) is 14.3. The van der Waals surface area contributed by atoms with E-state index in [1.165, 1.54) is 22.3 Å². The predicted molar refractivity (Wildman–Crippen MR) is 97.8 cm³/mol. The first kappa shape index (κ1) is 17.5. The molecule has 2 aromatic rings. The second-order valence-electron chi connectivity index (χ2n) is 6.11. The molecule has 0 aromatic carbocycles. The third-order valence-corrected chi connectivity index (χ3v) is 5.37. The van der Waals surface area contributed by atoms with Crippen LogP contribution in [0.25, 0.3) is 6.08 Å². The van der Waals surface area contributed by atoms with Crippen LogP contribution in [0.5, 0.6) is 0 Å². The molecule has 1 aliphatic carbocycles. The maximum atomic E-state index is 12.4. The number of thiophene rings is 1. The first-order valence-electron chi connectivity index (χ1n) is 8.42. The molecule has 2 aromatic heterocycles. The van der Waals surface area contributed by atoms with Crippen LogP contribution in [0, 0.1) is 5.92 Å². The summed E-state index contributed by atoms with van der Waals surface area (Å²) in [6.07, 6.45) is 7.42. The Hall–Kier alpha value is -2.34. The lowest BCUT2D eigenvalue weighted by atomic mass is 9.88. The fourth-order valence-corrected chi connectivity index (χ4v) is 4.20. The molecular formula is C19H21NO4S. The minimum atomic E-state index is -0.362. The number of hydrogen-bond acceptors (Lipinski definition) is 5.